The minimum absolute atomic E-state index is 0.00291. The van der Waals surface area contributed by atoms with Gasteiger partial charge in [-0.3, -0.25) is 4.79 Å². The lowest BCUT2D eigenvalue weighted by molar-refractivity contribution is -1.01. The van der Waals surface area contributed by atoms with E-state index >= 15 is 0 Å². The molecule has 0 aromatic carbocycles. The average molecular weight is 309 g/mol. The molecular weight excluding hydrogens is 274 g/mol. The molecule has 2 aliphatic carbocycles. The van der Waals surface area contributed by atoms with Crippen LogP contribution < -0.4 is 15.1 Å². The van der Waals surface area contributed by atoms with Gasteiger partial charge in [-0.25, -0.2) is 0 Å². The molecule has 1 heterocycles. The standard InChI is InChI=1S/C18H33N3O/c1-5-20-8-10-21(11-9-20)13-16(22)19-18(4)15-7-6-14(12-15)17(18,2)3/h14-15H,5-13H2,1-4H3,(H,19,22)/p+2/t14-,15-,18+/m0/s1. The summed E-state index contributed by atoms with van der Waals surface area (Å²) in [6.45, 7) is 15.9. The highest BCUT2D eigenvalue weighted by atomic mass is 16.2. The number of likely N-dealkylation sites (N-methyl/N-ethyl adjacent to an activating group) is 1. The smallest absolute Gasteiger partial charge is 0.275 e. The molecule has 4 heteroatoms. The molecule has 3 rings (SSSR count). The van der Waals surface area contributed by atoms with Crippen molar-refractivity contribution in [2.24, 2.45) is 17.3 Å². The van der Waals surface area contributed by atoms with Gasteiger partial charge in [-0.05, 0) is 50.4 Å². The van der Waals surface area contributed by atoms with Crippen LogP contribution in [0.25, 0.3) is 0 Å². The highest BCUT2D eigenvalue weighted by molar-refractivity contribution is 5.78. The molecule has 3 N–H and O–H groups in total. The van der Waals surface area contributed by atoms with Crippen molar-refractivity contribution < 1.29 is 14.6 Å². The lowest BCUT2D eigenvalue weighted by Gasteiger charge is -2.48. The van der Waals surface area contributed by atoms with Crippen molar-refractivity contribution in [3.8, 4) is 0 Å². The fourth-order valence-corrected chi connectivity index (χ4v) is 5.42. The average Bonchev–Trinajstić information content (AvgIpc) is 3.03. The number of piperazine rings is 1. The maximum Gasteiger partial charge on any atom is 0.275 e. The monoisotopic (exact) mass is 309 g/mol. The van der Waals surface area contributed by atoms with E-state index in [0.717, 1.165) is 19.0 Å². The number of rotatable bonds is 4. The molecule has 22 heavy (non-hydrogen) atoms. The van der Waals surface area contributed by atoms with E-state index in [-0.39, 0.29) is 16.9 Å². The summed E-state index contributed by atoms with van der Waals surface area (Å²) in [5.74, 6) is 1.76. The van der Waals surface area contributed by atoms with Crippen LogP contribution in [0.3, 0.4) is 0 Å². The fourth-order valence-electron chi connectivity index (χ4n) is 5.42. The third-order valence-corrected chi connectivity index (χ3v) is 7.58. The summed E-state index contributed by atoms with van der Waals surface area (Å²) in [4.78, 5) is 15.8. The zero-order valence-corrected chi connectivity index (χ0v) is 14.9. The first-order valence-electron chi connectivity index (χ1n) is 9.35. The van der Waals surface area contributed by atoms with Crippen molar-refractivity contribution in [2.75, 3.05) is 39.3 Å². The van der Waals surface area contributed by atoms with E-state index in [0.29, 0.717) is 12.5 Å². The van der Waals surface area contributed by atoms with Gasteiger partial charge in [0.25, 0.3) is 5.91 Å². The van der Waals surface area contributed by atoms with Crippen LogP contribution in [-0.2, 0) is 4.79 Å². The summed E-state index contributed by atoms with van der Waals surface area (Å²) < 4.78 is 0. The number of hydrogen-bond donors (Lipinski definition) is 3. The van der Waals surface area contributed by atoms with Crippen molar-refractivity contribution in [2.45, 2.75) is 52.5 Å². The molecular formula is C18H35N3O+2. The van der Waals surface area contributed by atoms with Gasteiger partial charge in [0.1, 0.15) is 26.2 Å². The number of carbonyl (C=O) groups excluding carboxylic acids is 1. The highest BCUT2D eigenvalue weighted by Gasteiger charge is 2.60. The first kappa shape index (κ1) is 16.3. The van der Waals surface area contributed by atoms with E-state index in [1.807, 2.05) is 0 Å². The largest absolute Gasteiger partial charge is 0.345 e. The molecule has 3 aliphatic rings. The van der Waals surface area contributed by atoms with E-state index in [1.54, 1.807) is 4.90 Å². The molecule has 126 valence electrons. The SMILES string of the molecule is CC[NH+]1CC[NH+](CC(=O)N[C@]2(C)[C@H]3CC[C@@H](C3)C2(C)C)CC1. The van der Waals surface area contributed by atoms with Crippen LogP contribution >= 0.6 is 0 Å². The predicted octanol–water partition coefficient (Wildman–Crippen LogP) is -0.879. The second-order valence-electron chi connectivity index (χ2n) is 8.71. The summed E-state index contributed by atoms with van der Waals surface area (Å²) in [7, 11) is 0. The van der Waals surface area contributed by atoms with Gasteiger partial charge < -0.3 is 15.1 Å². The Labute approximate surface area is 135 Å². The van der Waals surface area contributed by atoms with Crippen molar-refractivity contribution in [1.82, 2.24) is 5.32 Å². The predicted molar refractivity (Wildman–Crippen MR) is 88.0 cm³/mol. The molecule has 0 unspecified atom stereocenters. The third-order valence-electron chi connectivity index (χ3n) is 7.58. The Kier molecular flexibility index (Phi) is 4.28. The second kappa shape index (κ2) is 5.79. The van der Waals surface area contributed by atoms with E-state index in [4.69, 9.17) is 0 Å². The minimum Gasteiger partial charge on any atom is -0.345 e. The number of amides is 1. The van der Waals surface area contributed by atoms with Crippen LogP contribution in [0, 0.1) is 17.3 Å². The molecule has 3 atom stereocenters. The molecule has 3 fully saturated rings. The summed E-state index contributed by atoms with van der Waals surface area (Å²) >= 11 is 0. The van der Waals surface area contributed by atoms with Crippen molar-refractivity contribution in [3.63, 3.8) is 0 Å². The van der Waals surface area contributed by atoms with Crippen LogP contribution in [0.4, 0.5) is 0 Å². The van der Waals surface area contributed by atoms with Gasteiger partial charge in [-0.2, -0.15) is 0 Å². The van der Waals surface area contributed by atoms with Gasteiger partial charge in [0.2, 0.25) is 0 Å². The number of hydrogen-bond acceptors (Lipinski definition) is 1. The van der Waals surface area contributed by atoms with E-state index in [2.05, 4.69) is 33.0 Å². The quantitative estimate of drug-likeness (QED) is 0.620. The molecule has 1 aliphatic heterocycles. The Morgan fingerprint density at radius 3 is 2.18 bits per heavy atom. The maximum absolute atomic E-state index is 12.6. The zero-order chi connectivity index (χ0) is 16.0. The number of quaternary nitrogens is 2. The maximum atomic E-state index is 12.6. The molecule has 1 saturated heterocycles. The lowest BCUT2D eigenvalue weighted by atomic mass is 9.64. The number of nitrogens with one attached hydrogen (secondary N) is 3. The van der Waals surface area contributed by atoms with Gasteiger partial charge in [-0.1, -0.05) is 13.8 Å². The van der Waals surface area contributed by atoms with Crippen molar-refractivity contribution >= 4 is 5.91 Å². The molecule has 0 spiro atoms. The first-order chi connectivity index (χ1) is 10.4. The fraction of sp³-hybridized carbons (Fsp3) is 0.944. The van der Waals surface area contributed by atoms with Gasteiger partial charge in [0, 0.05) is 5.54 Å². The second-order valence-corrected chi connectivity index (χ2v) is 8.71. The Hall–Kier alpha value is -0.610. The summed E-state index contributed by atoms with van der Waals surface area (Å²) in [5, 5.41) is 3.48. The summed E-state index contributed by atoms with van der Waals surface area (Å²) in [6, 6.07) is 0. The third kappa shape index (κ3) is 2.58. The zero-order valence-electron chi connectivity index (χ0n) is 14.9. The van der Waals surface area contributed by atoms with Gasteiger partial charge >= 0.3 is 0 Å². The van der Waals surface area contributed by atoms with Gasteiger partial charge in [0.05, 0.1) is 6.54 Å². The van der Waals surface area contributed by atoms with Crippen LogP contribution in [0.5, 0.6) is 0 Å². The Balaban J connectivity index is 1.56. The van der Waals surface area contributed by atoms with Gasteiger partial charge in [0.15, 0.2) is 6.54 Å². The van der Waals surface area contributed by atoms with Crippen LogP contribution in [0.2, 0.25) is 0 Å². The van der Waals surface area contributed by atoms with Gasteiger partial charge in [-0.15, -0.1) is 0 Å². The van der Waals surface area contributed by atoms with Crippen molar-refractivity contribution in [1.29, 1.82) is 0 Å². The van der Waals surface area contributed by atoms with E-state index in [9.17, 15) is 4.79 Å². The summed E-state index contributed by atoms with van der Waals surface area (Å²) in [5.41, 5.74) is 0.245. The summed E-state index contributed by atoms with van der Waals surface area (Å²) in [6.07, 6.45) is 3.97. The molecule has 1 amide bonds. The van der Waals surface area contributed by atoms with Crippen molar-refractivity contribution in [3.05, 3.63) is 0 Å². The normalized spacial score (nSPS) is 43.3. The molecule has 2 saturated carbocycles. The highest BCUT2D eigenvalue weighted by Crippen LogP contribution is 2.61. The molecule has 4 nitrogen and oxygen atoms in total. The molecule has 0 aromatic heterocycles. The number of fused-ring (bicyclic) bond motifs is 2. The van der Waals surface area contributed by atoms with Crippen LogP contribution in [-0.4, -0.2) is 50.7 Å². The topological polar surface area (TPSA) is 38.0 Å². The van der Waals surface area contributed by atoms with E-state index < -0.39 is 0 Å². The Morgan fingerprint density at radius 1 is 1.05 bits per heavy atom. The lowest BCUT2D eigenvalue weighted by Crippen LogP contribution is -3.28. The van der Waals surface area contributed by atoms with Crippen LogP contribution in [0.15, 0.2) is 0 Å². The molecule has 0 aromatic rings. The Morgan fingerprint density at radius 2 is 1.64 bits per heavy atom. The minimum atomic E-state index is 0.00291. The van der Waals surface area contributed by atoms with Crippen LogP contribution in [0.1, 0.15) is 47.0 Å². The molecule has 0 radical (unpaired) electrons. The first-order valence-corrected chi connectivity index (χ1v) is 9.35. The molecule has 2 bridgehead atoms. The Bertz CT molecular complexity index is 428. The van der Waals surface area contributed by atoms with E-state index in [1.165, 1.54) is 43.8 Å². The number of carbonyl (C=O) groups is 1.